The van der Waals surface area contributed by atoms with Crippen molar-refractivity contribution in [3.63, 3.8) is 0 Å². The molecule has 0 fully saturated rings. The molecule has 6 nitrogen and oxygen atoms in total. The van der Waals surface area contributed by atoms with E-state index in [-0.39, 0.29) is 22.4 Å². The van der Waals surface area contributed by atoms with Crippen molar-refractivity contribution in [2.45, 2.75) is 73.1 Å². The Hall–Kier alpha value is -2.12. The van der Waals surface area contributed by atoms with Gasteiger partial charge in [-0.15, -0.1) is 0 Å². The smallest absolute Gasteiger partial charge is 0.175 e. The van der Waals surface area contributed by atoms with Crippen LogP contribution in [0.25, 0.3) is 0 Å². The molecule has 0 bridgehead atoms. The first-order valence-corrected chi connectivity index (χ1v) is 14.1. The summed E-state index contributed by atoms with van der Waals surface area (Å²) >= 11 is 3.69. The fraction of sp³-hybridized carbons (Fsp3) is 0.600. The van der Waals surface area contributed by atoms with E-state index in [1.54, 1.807) is 7.11 Å². The van der Waals surface area contributed by atoms with Crippen LogP contribution in [0.5, 0.6) is 11.5 Å². The van der Waals surface area contributed by atoms with E-state index >= 15 is 0 Å². The molecule has 0 saturated carbocycles. The van der Waals surface area contributed by atoms with Gasteiger partial charge >= 0.3 is 0 Å². The van der Waals surface area contributed by atoms with Gasteiger partial charge in [0.2, 0.25) is 0 Å². The summed E-state index contributed by atoms with van der Waals surface area (Å²) in [6, 6.07) is 3.96. The number of nitrogens with zero attached hydrogens (tertiary/aromatic N) is 1. The Kier molecular flexibility index (Phi) is 7.97. The van der Waals surface area contributed by atoms with Crippen LogP contribution in [-0.2, 0) is 14.3 Å². The fourth-order valence-electron chi connectivity index (χ4n) is 6.14. The predicted molar refractivity (Wildman–Crippen MR) is 148 cm³/mol. The minimum atomic E-state index is -0.429. The van der Waals surface area contributed by atoms with E-state index in [1.165, 1.54) is 0 Å². The Balaban J connectivity index is 2.00. The Labute approximate surface area is 229 Å². The van der Waals surface area contributed by atoms with E-state index in [4.69, 9.17) is 14.2 Å². The van der Waals surface area contributed by atoms with Gasteiger partial charge in [0.25, 0.3) is 0 Å². The second-order valence-corrected chi connectivity index (χ2v) is 12.7. The van der Waals surface area contributed by atoms with Crippen LogP contribution >= 0.6 is 15.9 Å². The molecule has 1 heterocycles. The monoisotopic (exact) mass is 573 g/mol. The molecule has 0 N–H and O–H groups in total. The topological polar surface area (TPSA) is 65.1 Å². The maximum absolute atomic E-state index is 13.9. The second kappa shape index (κ2) is 10.6. The molecule has 0 unspecified atom stereocenters. The molecule has 0 aromatic heterocycles. The summed E-state index contributed by atoms with van der Waals surface area (Å²) in [4.78, 5) is 30.1. The van der Waals surface area contributed by atoms with Crippen LogP contribution in [-0.4, -0.2) is 49.9 Å². The highest BCUT2D eigenvalue weighted by Crippen LogP contribution is 2.55. The number of rotatable bonds is 8. The molecule has 0 saturated heterocycles. The van der Waals surface area contributed by atoms with Gasteiger partial charge < -0.3 is 19.1 Å². The summed E-state index contributed by atoms with van der Waals surface area (Å²) in [5.74, 6) is 1.06. The quantitative estimate of drug-likeness (QED) is 0.350. The van der Waals surface area contributed by atoms with Crippen LogP contribution in [0.15, 0.2) is 39.1 Å². The molecule has 0 spiro atoms. The average Bonchev–Trinajstić information content (AvgIpc) is 2.78. The number of carbonyl (C=O) groups is 2. The van der Waals surface area contributed by atoms with Crippen LogP contribution in [0.3, 0.4) is 0 Å². The third kappa shape index (κ3) is 5.40. The highest BCUT2D eigenvalue weighted by molar-refractivity contribution is 9.10. The molecule has 3 aliphatic rings. The number of allylic oxidation sites excluding steroid dienone is 4. The zero-order valence-corrected chi connectivity index (χ0v) is 24.8. The molecule has 1 aliphatic heterocycles. The fourth-order valence-corrected chi connectivity index (χ4v) is 6.71. The van der Waals surface area contributed by atoms with Gasteiger partial charge in [-0.25, -0.2) is 0 Å². The number of Topliss-reactive ketones (excluding diaryl/α,β-unsaturated/α-hetero) is 2. The highest BCUT2D eigenvalue weighted by atomic mass is 79.9. The lowest BCUT2D eigenvalue weighted by Crippen LogP contribution is -2.45. The number of ketones is 2. The normalized spacial score (nSPS) is 21.2. The maximum atomic E-state index is 13.9. The van der Waals surface area contributed by atoms with Crippen molar-refractivity contribution < 1.29 is 23.8 Å². The Morgan fingerprint density at radius 3 is 1.92 bits per heavy atom. The number of hydrogen-bond acceptors (Lipinski definition) is 6. The molecule has 7 heteroatoms. The number of halogens is 1. The summed E-state index contributed by atoms with van der Waals surface area (Å²) in [5.41, 5.74) is 4.14. The first-order chi connectivity index (χ1) is 17.4. The van der Waals surface area contributed by atoms with E-state index in [1.807, 2.05) is 26.0 Å². The molecule has 0 atom stereocenters. The summed E-state index contributed by atoms with van der Waals surface area (Å²) < 4.78 is 18.1. The van der Waals surface area contributed by atoms with Crippen LogP contribution < -0.4 is 9.47 Å². The van der Waals surface area contributed by atoms with E-state index in [0.717, 1.165) is 45.4 Å². The summed E-state index contributed by atoms with van der Waals surface area (Å²) in [6.07, 6.45) is 2.46. The van der Waals surface area contributed by atoms with Crippen LogP contribution in [0.1, 0.15) is 78.7 Å². The molecule has 0 radical (unpaired) electrons. The zero-order valence-electron chi connectivity index (χ0n) is 23.3. The SMILES string of the molecule is CCOc1cc(C2C3=C(CC(C)(C)CC3=O)N(CCOC)C3=C2C(=O)CC(C)(C)C3)cc(Br)c1OCC. The van der Waals surface area contributed by atoms with Gasteiger partial charge in [-0.2, -0.15) is 0 Å². The summed E-state index contributed by atoms with van der Waals surface area (Å²) in [6.45, 7) is 14.6. The number of ether oxygens (including phenoxy) is 3. The first kappa shape index (κ1) is 27.9. The Bertz CT molecular complexity index is 1110. The molecule has 1 aromatic carbocycles. The number of hydrogen-bond donors (Lipinski definition) is 0. The third-order valence-corrected chi connectivity index (χ3v) is 8.08. The van der Waals surface area contributed by atoms with E-state index < -0.39 is 5.92 Å². The molecule has 37 heavy (non-hydrogen) atoms. The van der Waals surface area contributed by atoms with Crippen molar-refractivity contribution >= 4 is 27.5 Å². The third-order valence-electron chi connectivity index (χ3n) is 7.49. The van der Waals surface area contributed by atoms with E-state index in [9.17, 15) is 9.59 Å². The van der Waals surface area contributed by atoms with Crippen molar-refractivity contribution in [2.24, 2.45) is 10.8 Å². The van der Waals surface area contributed by atoms with Crippen LogP contribution in [0.4, 0.5) is 0 Å². The highest BCUT2D eigenvalue weighted by Gasteiger charge is 2.49. The van der Waals surface area contributed by atoms with Crippen molar-refractivity contribution in [1.29, 1.82) is 0 Å². The summed E-state index contributed by atoms with van der Waals surface area (Å²) in [5, 5.41) is 0. The molecule has 4 rings (SSSR count). The van der Waals surface area contributed by atoms with Gasteiger partial charge in [0.1, 0.15) is 0 Å². The molecular formula is C30H40BrNO5. The van der Waals surface area contributed by atoms with Crippen molar-refractivity contribution in [1.82, 2.24) is 4.90 Å². The molecule has 0 amide bonds. The standard InChI is InChI=1S/C30H40BrNO5/c1-8-36-24-13-18(12-19(31)28(24)37-9-2)25-26-20(14-29(3,4)16-22(26)33)32(10-11-35-7)21-15-30(5,6)17-23(34)27(21)25/h12-13,25H,8-11,14-17H2,1-7H3. The molecule has 1 aromatic rings. The predicted octanol–water partition coefficient (Wildman–Crippen LogP) is 6.58. The maximum Gasteiger partial charge on any atom is 0.175 e. The minimum Gasteiger partial charge on any atom is -0.490 e. The Morgan fingerprint density at radius 2 is 1.43 bits per heavy atom. The average molecular weight is 575 g/mol. The van der Waals surface area contributed by atoms with Crippen LogP contribution in [0.2, 0.25) is 0 Å². The van der Waals surface area contributed by atoms with E-state index in [0.29, 0.717) is 50.7 Å². The minimum absolute atomic E-state index is 0.116. The number of methoxy groups -OCH3 is 1. The second-order valence-electron chi connectivity index (χ2n) is 11.9. The molecule has 2 aliphatic carbocycles. The van der Waals surface area contributed by atoms with Gasteiger partial charge in [-0.05, 0) is 71.1 Å². The van der Waals surface area contributed by atoms with Crippen molar-refractivity contribution in [3.05, 3.63) is 44.7 Å². The lowest BCUT2D eigenvalue weighted by Gasteiger charge is -2.49. The summed E-state index contributed by atoms with van der Waals surface area (Å²) in [7, 11) is 1.69. The molecule has 202 valence electrons. The van der Waals surface area contributed by atoms with E-state index in [2.05, 4.69) is 48.5 Å². The first-order valence-electron chi connectivity index (χ1n) is 13.3. The lowest BCUT2D eigenvalue weighted by molar-refractivity contribution is -0.119. The lowest BCUT2D eigenvalue weighted by atomic mass is 9.63. The number of carbonyl (C=O) groups excluding carboxylic acids is 2. The van der Waals surface area contributed by atoms with Crippen molar-refractivity contribution in [2.75, 3.05) is 33.5 Å². The van der Waals surface area contributed by atoms with Gasteiger partial charge in [-0.1, -0.05) is 27.7 Å². The van der Waals surface area contributed by atoms with Gasteiger partial charge in [-0.3, -0.25) is 9.59 Å². The van der Waals surface area contributed by atoms with Crippen molar-refractivity contribution in [3.8, 4) is 11.5 Å². The number of benzene rings is 1. The van der Waals surface area contributed by atoms with Gasteiger partial charge in [0, 0.05) is 55.0 Å². The largest absolute Gasteiger partial charge is 0.490 e. The van der Waals surface area contributed by atoms with Gasteiger partial charge in [0.05, 0.1) is 24.3 Å². The van der Waals surface area contributed by atoms with Crippen LogP contribution in [0, 0.1) is 10.8 Å². The Morgan fingerprint density at radius 1 is 0.892 bits per heavy atom. The molecular weight excluding hydrogens is 534 g/mol. The van der Waals surface area contributed by atoms with Gasteiger partial charge in [0.15, 0.2) is 23.1 Å². The zero-order chi connectivity index (χ0) is 27.1.